The van der Waals surface area contributed by atoms with E-state index in [1.54, 1.807) is 6.07 Å². The standard InChI is InChI=1S/C15H21ClN2O2/c16-13-8-3-4-9-14(13)20-11-5-10-17-15(19)18-12-6-1-2-7-12/h3-4,8-9,12H,1-2,5-7,10-11H2,(H2,17,18,19). The lowest BCUT2D eigenvalue weighted by atomic mass is 10.2. The minimum Gasteiger partial charge on any atom is -0.492 e. The molecule has 0 bridgehead atoms. The van der Waals surface area contributed by atoms with Crippen molar-refractivity contribution < 1.29 is 9.53 Å². The van der Waals surface area contributed by atoms with Gasteiger partial charge in [-0.3, -0.25) is 0 Å². The molecule has 0 radical (unpaired) electrons. The number of benzene rings is 1. The summed E-state index contributed by atoms with van der Waals surface area (Å²) in [6.07, 6.45) is 5.39. The molecule has 1 aliphatic carbocycles. The average Bonchev–Trinajstić information content (AvgIpc) is 2.93. The number of carbonyl (C=O) groups excluding carboxylic acids is 1. The Morgan fingerprint density at radius 2 is 2.05 bits per heavy atom. The van der Waals surface area contributed by atoms with Gasteiger partial charge in [0.25, 0.3) is 0 Å². The molecule has 0 aromatic heterocycles. The summed E-state index contributed by atoms with van der Waals surface area (Å²) < 4.78 is 5.55. The highest BCUT2D eigenvalue weighted by Crippen LogP contribution is 2.23. The Hall–Kier alpha value is -1.42. The molecule has 0 aliphatic heterocycles. The molecule has 0 atom stereocenters. The zero-order valence-corrected chi connectivity index (χ0v) is 12.3. The maximum atomic E-state index is 11.6. The summed E-state index contributed by atoms with van der Waals surface area (Å²) >= 11 is 5.98. The van der Waals surface area contributed by atoms with E-state index in [2.05, 4.69) is 10.6 Å². The average molecular weight is 297 g/mol. The molecular formula is C15H21ClN2O2. The van der Waals surface area contributed by atoms with Gasteiger partial charge in [0.2, 0.25) is 0 Å². The molecular weight excluding hydrogens is 276 g/mol. The Morgan fingerprint density at radius 3 is 2.80 bits per heavy atom. The number of halogens is 1. The van der Waals surface area contributed by atoms with Gasteiger partial charge in [0.15, 0.2) is 0 Å². The largest absolute Gasteiger partial charge is 0.492 e. The highest BCUT2D eigenvalue weighted by molar-refractivity contribution is 6.32. The lowest BCUT2D eigenvalue weighted by Crippen LogP contribution is -2.41. The lowest BCUT2D eigenvalue weighted by Gasteiger charge is -2.13. The predicted molar refractivity (Wildman–Crippen MR) is 80.4 cm³/mol. The number of urea groups is 1. The smallest absolute Gasteiger partial charge is 0.315 e. The summed E-state index contributed by atoms with van der Waals surface area (Å²) in [6.45, 7) is 1.14. The highest BCUT2D eigenvalue weighted by atomic mass is 35.5. The van der Waals surface area contributed by atoms with Crippen LogP contribution in [0, 0.1) is 0 Å². The maximum absolute atomic E-state index is 11.6. The van der Waals surface area contributed by atoms with Crippen LogP contribution in [0.3, 0.4) is 0 Å². The van der Waals surface area contributed by atoms with Crippen molar-refractivity contribution in [2.45, 2.75) is 38.1 Å². The van der Waals surface area contributed by atoms with Crippen molar-refractivity contribution in [1.29, 1.82) is 0 Å². The summed E-state index contributed by atoms with van der Waals surface area (Å²) in [4.78, 5) is 11.6. The molecule has 2 amide bonds. The van der Waals surface area contributed by atoms with Crippen molar-refractivity contribution in [2.24, 2.45) is 0 Å². The number of carbonyl (C=O) groups is 1. The van der Waals surface area contributed by atoms with Crippen LogP contribution < -0.4 is 15.4 Å². The molecule has 1 fully saturated rings. The molecule has 0 spiro atoms. The zero-order chi connectivity index (χ0) is 14.2. The third kappa shape index (κ3) is 4.93. The zero-order valence-electron chi connectivity index (χ0n) is 11.5. The van der Waals surface area contributed by atoms with Gasteiger partial charge < -0.3 is 15.4 Å². The first-order chi connectivity index (χ1) is 9.75. The second kappa shape index (κ2) is 8.00. The Morgan fingerprint density at radius 1 is 1.30 bits per heavy atom. The Labute approximate surface area is 124 Å². The maximum Gasteiger partial charge on any atom is 0.315 e. The summed E-state index contributed by atoms with van der Waals surface area (Å²) in [5, 5.41) is 6.44. The van der Waals surface area contributed by atoms with Crippen LogP contribution in [0.25, 0.3) is 0 Å². The van der Waals surface area contributed by atoms with Crippen LogP contribution in [0.5, 0.6) is 5.75 Å². The van der Waals surface area contributed by atoms with Gasteiger partial charge in [-0.25, -0.2) is 4.79 Å². The number of hydrogen-bond donors (Lipinski definition) is 2. The molecule has 1 aromatic rings. The second-order valence-electron chi connectivity index (χ2n) is 5.01. The Kier molecular flexibility index (Phi) is 5.99. The predicted octanol–water partition coefficient (Wildman–Crippen LogP) is 3.35. The van der Waals surface area contributed by atoms with E-state index in [0.29, 0.717) is 30.0 Å². The van der Waals surface area contributed by atoms with E-state index in [4.69, 9.17) is 16.3 Å². The van der Waals surface area contributed by atoms with E-state index in [9.17, 15) is 4.79 Å². The monoisotopic (exact) mass is 296 g/mol. The Balaban J connectivity index is 1.55. The summed E-state index contributed by atoms with van der Waals surface area (Å²) in [7, 11) is 0. The number of hydrogen-bond acceptors (Lipinski definition) is 2. The second-order valence-corrected chi connectivity index (χ2v) is 5.42. The van der Waals surface area contributed by atoms with E-state index < -0.39 is 0 Å². The van der Waals surface area contributed by atoms with Crippen molar-refractivity contribution in [2.75, 3.05) is 13.2 Å². The molecule has 20 heavy (non-hydrogen) atoms. The van der Waals surface area contributed by atoms with Gasteiger partial charge in [-0.2, -0.15) is 0 Å². The van der Waals surface area contributed by atoms with Crippen LogP contribution in [0.1, 0.15) is 32.1 Å². The van der Waals surface area contributed by atoms with Crippen molar-refractivity contribution in [1.82, 2.24) is 10.6 Å². The van der Waals surface area contributed by atoms with Crippen LogP contribution in [0.4, 0.5) is 4.79 Å². The molecule has 2 rings (SSSR count). The minimum absolute atomic E-state index is 0.0744. The SMILES string of the molecule is O=C(NCCCOc1ccccc1Cl)NC1CCCC1. The van der Waals surface area contributed by atoms with E-state index in [0.717, 1.165) is 19.3 Å². The van der Waals surface area contributed by atoms with Crippen LogP contribution in [-0.4, -0.2) is 25.2 Å². The molecule has 4 nitrogen and oxygen atoms in total. The quantitative estimate of drug-likeness (QED) is 0.791. The van der Waals surface area contributed by atoms with Crippen LogP contribution >= 0.6 is 11.6 Å². The van der Waals surface area contributed by atoms with E-state index >= 15 is 0 Å². The van der Waals surface area contributed by atoms with Crippen molar-refractivity contribution in [3.05, 3.63) is 29.3 Å². The fourth-order valence-electron chi connectivity index (χ4n) is 2.32. The number of para-hydroxylation sites is 1. The van der Waals surface area contributed by atoms with Crippen molar-refractivity contribution in [3.63, 3.8) is 0 Å². The van der Waals surface area contributed by atoms with Crippen molar-refractivity contribution in [3.8, 4) is 5.75 Å². The lowest BCUT2D eigenvalue weighted by molar-refractivity contribution is 0.235. The molecule has 1 aromatic carbocycles. The van der Waals surface area contributed by atoms with Crippen LogP contribution in [0.15, 0.2) is 24.3 Å². The minimum atomic E-state index is -0.0744. The van der Waals surface area contributed by atoms with Crippen molar-refractivity contribution >= 4 is 17.6 Å². The Bertz CT molecular complexity index is 434. The number of rotatable bonds is 6. The first kappa shape index (κ1) is 15.0. The molecule has 2 N–H and O–H groups in total. The number of nitrogens with one attached hydrogen (secondary N) is 2. The molecule has 1 aliphatic rings. The van der Waals surface area contributed by atoms with Gasteiger partial charge in [-0.05, 0) is 31.4 Å². The molecule has 0 unspecified atom stereocenters. The molecule has 110 valence electrons. The van der Waals surface area contributed by atoms with E-state index in [-0.39, 0.29) is 6.03 Å². The van der Waals surface area contributed by atoms with E-state index in [1.807, 2.05) is 18.2 Å². The van der Waals surface area contributed by atoms with Gasteiger partial charge >= 0.3 is 6.03 Å². The summed E-state index contributed by atoms with van der Waals surface area (Å²) in [5.41, 5.74) is 0. The topological polar surface area (TPSA) is 50.4 Å². The first-order valence-corrected chi connectivity index (χ1v) is 7.55. The highest BCUT2D eigenvalue weighted by Gasteiger charge is 2.16. The fraction of sp³-hybridized carbons (Fsp3) is 0.533. The normalized spacial score (nSPS) is 15.1. The molecule has 0 saturated heterocycles. The molecule has 0 heterocycles. The summed E-state index contributed by atoms with van der Waals surface area (Å²) in [6, 6.07) is 7.66. The third-order valence-electron chi connectivity index (χ3n) is 3.39. The summed E-state index contributed by atoms with van der Waals surface area (Å²) in [5.74, 6) is 0.685. The van der Waals surface area contributed by atoms with Gasteiger partial charge in [0.05, 0.1) is 11.6 Å². The molecule has 5 heteroatoms. The van der Waals surface area contributed by atoms with Crippen LogP contribution in [-0.2, 0) is 0 Å². The molecule has 1 saturated carbocycles. The van der Waals surface area contributed by atoms with Gasteiger partial charge in [-0.15, -0.1) is 0 Å². The van der Waals surface area contributed by atoms with Gasteiger partial charge in [0.1, 0.15) is 5.75 Å². The number of amides is 2. The third-order valence-corrected chi connectivity index (χ3v) is 3.70. The number of ether oxygens (including phenoxy) is 1. The van der Waals surface area contributed by atoms with E-state index in [1.165, 1.54) is 12.8 Å². The van der Waals surface area contributed by atoms with Crippen LogP contribution in [0.2, 0.25) is 5.02 Å². The van der Waals surface area contributed by atoms with Gasteiger partial charge in [0, 0.05) is 12.6 Å². The fourth-order valence-corrected chi connectivity index (χ4v) is 2.51. The first-order valence-electron chi connectivity index (χ1n) is 7.17. The van der Waals surface area contributed by atoms with Gasteiger partial charge in [-0.1, -0.05) is 36.6 Å².